The molecule has 0 spiro atoms. The Morgan fingerprint density at radius 2 is 0.753 bits per heavy atom. The van der Waals surface area contributed by atoms with Crippen LogP contribution in [0, 0.1) is 0 Å². The topological polar surface area (TPSA) is 120 Å². The van der Waals surface area contributed by atoms with Crippen LogP contribution in [0.25, 0.3) is 0 Å². The quantitative estimate of drug-likeness (QED) is 0.0507. The second kappa shape index (κ2) is 27.3. The molecule has 10 atom stereocenters. The van der Waals surface area contributed by atoms with Gasteiger partial charge in [-0.05, 0) is 51.3 Å². The molecular weight excluding hydrogens is 991 g/mol. The number of imide groups is 1. The number of fused-ring (bicyclic) bond motifs is 1. The van der Waals surface area contributed by atoms with E-state index >= 15 is 0 Å². The maximum atomic E-state index is 14.8. The molecule has 13 heteroatoms. The van der Waals surface area contributed by atoms with Gasteiger partial charge in [0.05, 0.1) is 64.0 Å². The molecule has 0 N–H and O–H groups in total. The maximum Gasteiger partial charge on any atom is 0.262 e. The molecule has 7 aromatic rings. The van der Waals surface area contributed by atoms with E-state index < -0.39 is 72.3 Å². The van der Waals surface area contributed by atoms with E-state index in [-0.39, 0.29) is 46.2 Å². The lowest BCUT2D eigenvalue weighted by Gasteiger charge is -2.51. The number of hydrogen-bond donors (Lipinski definition) is 0. The molecule has 2 saturated heterocycles. The first kappa shape index (κ1) is 54.0. The fraction of sp³-hybridized carbons (Fsp3) is 0.312. The van der Waals surface area contributed by atoms with Crippen LogP contribution in [0.5, 0.6) is 0 Å². The van der Waals surface area contributed by atoms with E-state index in [0.29, 0.717) is 23.5 Å². The predicted octanol–water partition coefficient (Wildman–Crippen LogP) is 11.0. The zero-order chi connectivity index (χ0) is 52.6. The van der Waals surface area contributed by atoms with Gasteiger partial charge in [-0.15, -0.1) is 11.8 Å². The van der Waals surface area contributed by atoms with Crippen LogP contribution < -0.4 is 0 Å². The van der Waals surface area contributed by atoms with E-state index in [4.69, 9.17) is 42.6 Å². The van der Waals surface area contributed by atoms with Crippen molar-refractivity contribution in [2.24, 2.45) is 0 Å². The molecule has 3 aliphatic rings. The smallest absolute Gasteiger partial charge is 0.262 e. The van der Waals surface area contributed by atoms with Crippen LogP contribution in [0.2, 0.25) is 0 Å². The van der Waals surface area contributed by atoms with Crippen molar-refractivity contribution < 1.29 is 52.2 Å². The molecule has 0 aliphatic carbocycles. The minimum absolute atomic E-state index is 0.0585. The average Bonchev–Trinajstić information content (AvgIpc) is 3.78. The Hall–Kier alpha value is -6.33. The zero-order valence-corrected chi connectivity index (χ0v) is 43.9. The summed E-state index contributed by atoms with van der Waals surface area (Å²) in [5, 5.41) is 0. The van der Waals surface area contributed by atoms with Gasteiger partial charge in [-0.25, -0.2) is 0 Å². The Morgan fingerprint density at radius 3 is 1.17 bits per heavy atom. The van der Waals surface area contributed by atoms with Crippen molar-refractivity contribution in [3.8, 4) is 0 Å². The summed E-state index contributed by atoms with van der Waals surface area (Å²) in [4.78, 5) is 30.8. The average molecular weight is 1060 g/mol. The molecule has 0 radical (unpaired) electrons. The number of carbonyl (C=O) groups is 2. The summed E-state index contributed by atoms with van der Waals surface area (Å²) in [5.74, 6) is -0.267. The third-order valence-corrected chi connectivity index (χ3v) is 14.9. The Kier molecular flexibility index (Phi) is 19.2. The van der Waals surface area contributed by atoms with Gasteiger partial charge in [0.15, 0.2) is 6.29 Å². The van der Waals surface area contributed by atoms with Gasteiger partial charge in [0.1, 0.15) is 54.2 Å². The first-order valence-electron chi connectivity index (χ1n) is 26.4. The molecule has 3 aliphatic heterocycles. The van der Waals surface area contributed by atoms with Crippen molar-refractivity contribution in [1.82, 2.24) is 4.90 Å². The molecule has 10 rings (SSSR count). The molecule has 2 amide bonds. The second-order valence-corrected chi connectivity index (χ2v) is 20.6. The van der Waals surface area contributed by atoms with E-state index in [1.807, 2.05) is 189 Å². The monoisotopic (exact) mass is 1060 g/mol. The Bertz CT molecular complexity index is 2860. The second-order valence-electron chi connectivity index (χ2n) is 19.2. The lowest BCUT2D eigenvalue weighted by atomic mass is 9.94. The number of amides is 2. The summed E-state index contributed by atoms with van der Waals surface area (Å²) >= 11 is 1.49. The third-order valence-electron chi connectivity index (χ3n) is 13.9. The van der Waals surface area contributed by atoms with E-state index in [0.717, 1.165) is 33.4 Å². The predicted molar refractivity (Wildman–Crippen MR) is 293 cm³/mol. The zero-order valence-electron chi connectivity index (χ0n) is 43.1. The van der Waals surface area contributed by atoms with Gasteiger partial charge in [-0.1, -0.05) is 201 Å². The van der Waals surface area contributed by atoms with Gasteiger partial charge in [-0.2, -0.15) is 0 Å². The van der Waals surface area contributed by atoms with Crippen molar-refractivity contribution in [3.63, 3.8) is 0 Å². The molecule has 0 aromatic heterocycles. The highest BCUT2D eigenvalue weighted by atomic mass is 32.2. The number of carbonyl (C=O) groups excluding carboxylic acids is 2. The summed E-state index contributed by atoms with van der Waals surface area (Å²) in [6.45, 7) is 3.53. The van der Waals surface area contributed by atoms with Gasteiger partial charge in [0.2, 0.25) is 0 Å². The molecule has 398 valence electrons. The largest absolute Gasteiger partial charge is 0.374 e. The van der Waals surface area contributed by atoms with Gasteiger partial charge in [-0.3, -0.25) is 14.5 Å². The number of benzene rings is 7. The molecular formula is C64H65NO11S. The van der Waals surface area contributed by atoms with Gasteiger partial charge >= 0.3 is 0 Å². The highest BCUT2D eigenvalue weighted by Gasteiger charge is 2.57. The normalized spacial score (nSPS) is 24.2. The fourth-order valence-corrected chi connectivity index (χ4v) is 11.1. The maximum absolute atomic E-state index is 14.8. The fourth-order valence-electron chi connectivity index (χ4n) is 10.1. The molecule has 3 heterocycles. The molecule has 0 unspecified atom stereocenters. The van der Waals surface area contributed by atoms with Crippen LogP contribution in [-0.2, 0) is 82.3 Å². The Balaban J connectivity index is 1.08. The van der Waals surface area contributed by atoms with Gasteiger partial charge in [0.25, 0.3) is 11.8 Å². The van der Waals surface area contributed by atoms with Crippen molar-refractivity contribution in [2.75, 3.05) is 19.0 Å². The van der Waals surface area contributed by atoms with E-state index in [9.17, 15) is 9.59 Å². The van der Waals surface area contributed by atoms with E-state index in [2.05, 4.69) is 0 Å². The van der Waals surface area contributed by atoms with Gasteiger partial charge < -0.3 is 42.6 Å². The summed E-state index contributed by atoms with van der Waals surface area (Å²) in [6.07, 6.45) is -7.36. The Morgan fingerprint density at radius 1 is 0.403 bits per heavy atom. The number of hydrogen-bond acceptors (Lipinski definition) is 12. The number of rotatable bonds is 25. The van der Waals surface area contributed by atoms with Crippen LogP contribution in [0.15, 0.2) is 206 Å². The summed E-state index contributed by atoms with van der Waals surface area (Å²) in [5.41, 5.74) is 5.57. The van der Waals surface area contributed by atoms with Crippen molar-refractivity contribution in [1.29, 1.82) is 0 Å². The lowest BCUT2D eigenvalue weighted by molar-refractivity contribution is -0.355. The molecule has 0 bridgehead atoms. The first-order chi connectivity index (χ1) is 38.0. The molecule has 77 heavy (non-hydrogen) atoms. The van der Waals surface area contributed by atoms with Crippen LogP contribution in [0.3, 0.4) is 0 Å². The molecule has 12 nitrogen and oxygen atoms in total. The third kappa shape index (κ3) is 13.9. The SMILES string of the molecule is CCS[C@@H]1O[C@H](COCc2ccccc2)[C@@H](O[C@H]2O[C@H](COCc3ccccc3)[C@H](OCc3ccccc3)[C@H](OCc3ccccc3)[C@H]2OCc2ccccc2)[C@H](OCc2ccccc2)[C@H]1N1C(=O)c2ccccc2C1=O. The van der Waals surface area contributed by atoms with Crippen LogP contribution in [0.1, 0.15) is 61.0 Å². The van der Waals surface area contributed by atoms with Crippen LogP contribution >= 0.6 is 11.8 Å². The lowest BCUT2D eigenvalue weighted by Crippen LogP contribution is -2.68. The highest BCUT2D eigenvalue weighted by Crippen LogP contribution is 2.41. The number of thioether (sulfide) groups is 1. The van der Waals surface area contributed by atoms with E-state index in [1.165, 1.54) is 16.7 Å². The van der Waals surface area contributed by atoms with Crippen molar-refractivity contribution in [2.45, 2.75) is 107 Å². The van der Waals surface area contributed by atoms with Crippen molar-refractivity contribution >= 4 is 23.6 Å². The number of ether oxygens (including phenoxy) is 9. The van der Waals surface area contributed by atoms with Crippen LogP contribution in [-0.4, -0.2) is 96.2 Å². The summed E-state index contributed by atoms with van der Waals surface area (Å²) in [6, 6.07) is 65.5. The Labute approximate surface area is 455 Å². The summed E-state index contributed by atoms with van der Waals surface area (Å²) in [7, 11) is 0. The standard InChI is InChI=1S/C64H65NO11S/c1-2-77-64-55(65-61(66)51-35-21-22-36-52(51)62(65)67)58(71-40-48-29-15-6-16-30-48)57(54(75-64)44-69-38-46-25-11-4-12-26-46)76-63-60(73-42-50-33-19-8-20-34-50)59(72-41-49-31-17-7-18-32-49)56(70-39-47-27-13-5-14-28-47)53(74-63)43-68-37-45-23-9-3-10-24-45/h3-36,53-60,63-64H,2,37-44H2,1H3/t53-,54-,55-,56+,57-,58-,59+,60-,63-,64+/m1/s1. The molecule has 0 saturated carbocycles. The summed E-state index contributed by atoms with van der Waals surface area (Å²) < 4.78 is 63.5. The highest BCUT2D eigenvalue weighted by molar-refractivity contribution is 7.99. The van der Waals surface area contributed by atoms with E-state index in [1.54, 1.807) is 24.3 Å². The minimum Gasteiger partial charge on any atom is -0.374 e. The van der Waals surface area contributed by atoms with Crippen molar-refractivity contribution in [3.05, 3.63) is 251 Å². The van der Waals surface area contributed by atoms with Gasteiger partial charge in [0, 0.05) is 0 Å². The number of nitrogens with zero attached hydrogens (tertiary/aromatic N) is 1. The molecule has 7 aromatic carbocycles. The van der Waals surface area contributed by atoms with Crippen LogP contribution in [0.4, 0.5) is 0 Å². The molecule has 2 fully saturated rings. The minimum atomic E-state index is -1.20. The first-order valence-corrected chi connectivity index (χ1v) is 27.5.